The molecule has 6 nitrogen and oxygen atoms in total. The van der Waals surface area contributed by atoms with Crippen LogP contribution >= 0.6 is 15.9 Å². The number of nitrogens with zero attached hydrogens (tertiary/aromatic N) is 2. The van der Waals surface area contributed by atoms with E-state index in [-0.39, 0.29) is 34.9 Å². The van der Waals surface area contributed by atoms with Crippen LogP contribution in [0.4, 0.5) is 0 Å². The predicted octanol–water partition coefficient (Wildman–Crippen LogP) is 5.02. The number of rotatable bonds is 4. The summed E-state index contributed by atoms with van der Waals surface area (Å²) in [6, 6.07) is 8.21. The van der Waals surface area contributed by atoms with Crippen LogP contribution in [0.25, 0.3) is 0 Å². The number of halogens is 1. The van der Waals surface area contributed by atoms with Crippen LogP contribution in [0.1, 0.15) is 56.3 Å². The third-order valence-corrected chi connectivity index (χ3v) is 8.56. The van der Waals surface area contributed by atoms with Crippen molar-refractivity contribution in [2.75, 3.05) is 13.2 Å². The number of esters is 1. The lowest BCUT2D eigenvalue weighted by atomic mass is 9.50. The lowest BCUT2D eigenvalue weighted by Gasteiger charge is -2.63. The topological polar surface area (TPSA) is 62.6 Å². The van der Waals surface area contributed by atoms with Crippen molar-refractivity contribution >= 4 is 21.9 Å². The number of hydrogen-bond donors (Lipinski definition) is 0. The third kappa shape index (κ3) is 3.07. The molecular weight excluding hydrogens is 460 g/mol. The molecule has 2 fully saturated rings. The first-order chi connectivity index (χ1) is 14.8. The summed E-state index contributed by atoms with van der Waals surface area (Å²) < 4.78 is 21.4. The highest BCUT2D eigenvalue weighted by atomic mass is 79.9. The standard InChI is InChI=1S/C24H29BrN2O4/c1-5-27-11-17(25)20(26-27)22(28)30-13-24-12-29-21-16-8-6-7-9-18(16)31-23(4,10-14(24)2)19(21)15(24)3/h6-9,11,14-15,19,21H,5,10,12-13H2,1-4H3/t14-,15-,19+,21+,23+,24-/m0/s1. The number of carbonyl (C=O) groups is 1. The van der Waals surface area contributed by atoms with E-state index in [0.717, 1.165) is 17.7 Å². The van der Waals surface area contributed by atoms with Gasteiger partial charge in [-0.25, -0.2) is 4.79 Å². The van der Waals surface area contributed by atoms with Crippen molar-refractivity contribution in [2.24, 2.45) is 23.2 Å². The van der Waals surface area contributed by atoms with E-state index >= 15 is 0 Å². The second kappa shape index (κ2) is 7.34. The monoisotopic (exact) mass is 488 g/mol. The minimum absolute atomic E-state index is 0.00988. The summed E-state index contributed by atoms with van der Waals surface area (Å²) in [6.45, 7) is 10.3. The summed E-state index contributed by atoms with van der Waals surface area (Å²) in [5, 5.41) is 4.33. The molecule has 7 heteroatoms. The van der Waals surface area contributed by atoms with Crippen molar-refractivity contribution in [2.45, 2.75) is 52.4 Å². The Hall–Kier alpha value is -1.86. The molecule has 5 rings (SSSR count). The van der Waals surface area contributed by atoms with Crippen molar-refractivity contribution < 1.29 is 19.0 Å². The van der Waals surface area contributed by atoms with Crippen LogP contribution < -0.4 is 4.74 Å². The molecule has 0 amide bonds. The van der Waals surface area contributed by atoms with Crippen LogP contribution in [0.3, 0.4) is 0 Å². The van der Waals surface area contributed by atoms with Gasteiger partial charge in [-0.05, 0) is 54.1 Å². The van der Waals surface area contributed by atoms with Crippen LogP contribution in [-0.4, -0.2) is 34.6 Å². The van der Waals surface area contributed by atoms with Gasteiger partial charge in [-0.3, -0.25) is 4.68 Å². The van der Waals surface area contributed by atoms with E-state index in [1.54, 1.807) is 10.9 Å². The van der Waals surface area contributed by atoms with Gasteiger partial charge in [-0.2, -0.15) is 5.10 Å². The van der Waals surface area contributed by atoms with Gasteiger partial charge in [-0.15, -0.1) is 0 Å². The van der Waals surface area contributed by atoms with Crippen molar-refractivity contribution in [1.29, 1.82) is 0 Å². The molecule has 3 aliphatic rings. The number of para-hydroxylation sites is 1. The van der Waals surface area contributed by atoms with E-state index in [1.807, 2.05) is 25.1 Å². The molecule has 1 aliphatic carbocycles. The SMILES string of the molecule is CCn1cc(Br)c(C(=O)OC[C@@]23CO[C@@H]4c5ccccc5O[C@](C)(C[C@@H]2C)[C@@H]4[C@@H]3C)n1. The lowest BCUT2D eigenvalue weighted by molar-refractivity contribution is -0.259. The first-order valence-corrected chi connectivity index (χ1v) is 11.9. The number of carbonyl (C=O) groups excluding carboxylic acids is 1. The number of fused-ring (bicyclic) bond motifs is 3. The molecule has 166 valence electrons. The normalized spacial score (nSPS) is 35.8. The van der Waals surface area contributed by atoms with Gasteiger partial charge in [-0.1, -0.05) is 32.0 Å². The van der Waals surface area contributed by atoms with Crippen molar-refractivity contribution in [3.63, 3.8) is 0 Å². The van der Waals surface area contributed by atoms with Crippen LogP contribution in [0.5, 0.6) is 5.75 Å². The van der Waals surface area contributed by atoms with Gasteiger partial charge in [0.25, 0.3) is 0 Å². The fourth-order valence-electron chi connectivity index (χ4n) is 6.22. The van der Waals surface area contributed by atoms with E-state index in [0.29, 0.717) is 29.9 Å². The van der Waals surface area contributed by atoms with Crippen LogP contribution in [0, 0.1) is 23.2 Å². The zero-order valence-corrected chi connectivity index (χ0v) is 20.0. The van der Waals surface area contributed by atoms with Crippen molar-refractivity contribution in [3.05, 3.63) is 46.2 Å². The Morgan fingerprint density at radius 2 is 2.13 bits per heavy atom. The molecule has 2 bridgehead atoms. The Kier molecular flexibility index (Phi) is 4.97. The molecule has 0 unspecified atom stereocenters. The molecule has 1 saturated heterocycles. The number of aromatic nitrogens is 2. The molecule has 6 atom stereocenters. The fourth-order valence-corrected chi connectivity index (χ4v) is 6.70. The first kappa shape index (κ1) is 21.0. The number of ether oxygens (including phenoxy) is 3. The quantitative estimate of drug-likeness (QED) is 0.565. The van der Waals surface area contributed by atoms with E-state index in [9.17, 15) is 4.79 Å². The number of aryl methyl sites for hydroxylation is 1. The summed E-state index contributed by atoms with van der Waals surface area (Å²) >= 11 is 3.43. The Balaban J connectivity index is 1.42. The Morgan fingerprint density at radius 1 is 1.35 bits per heavy atom. The second-order valence-electron chi connectivity index (χ2n) is 9.59. The van der Waals surface area contributed by atoms with Gasteiger partial charge in [0.1, 0.15) is 18.0 Å². The van der Waals surface area contributed by atoms with Crippen LogP contribution in [0.2, 0.25) is 0 Å². The summed E-state index contributed by atoms with van der Waals surface area (Å²) in [6.07, 6.45) is 2.72. The average Bonchev–Trinajstić information content (AvgIpc) is 3.12. The number of hydrogen-bond acceptors (Lipinski definition) is 5. The van der Waals surface area contributed by atoms with Crippen molar-refractivity contribution in [1.82, 2.24) is 9.78 Å². The molecule has 0 N–H and O–H groups in total. The molecule has 0 spiro atoms. The van der Waals surface area contributed by atoms with Crippen LogP contribution in [-0.2, 0) is 16.0 Å². The minimum Gasteiger partial charge on any atom is -0.487 e. The molecular formula is C24H29BrN2O4. The smallest absolute Gasteiger partial charge is 0.360 e. The molecule has 2 aromatic rings. The molecule has 1 aromatic carbocycles. The summed E-state index contributed by atoms with van der Waals surface area (Å²) in [5.74, 6) is 1.30. The third-order valence-electron chi connectivity index (χ3n) is 7.98. The zero-order valence-electron chi connectivity index (χ0n) is 18.4. The zero-order chi connectivity index (χ0) is 22.0. The van der Waals surface area contributed by atoms with Gasteiger partial charge < -0.3 is 14.2 Å². The van der Waals surface area contributed by atoms with Crippen LogP contribution in [0.15, 0.2) is 34.9 Å². The predicted molar refractivity (Wildman–Crippen MR) is 119 cm³/mol. The Morgan fingerprint density at radius 3 is 2.87 bits per heavy atom. The second-order valence-corrected chi connectivity index (χ2v) is 10.4. The minimum atomic E-state index is -0.395. The maximum absolute atomic E-state index is 12.8. The van der Waals surface area contributed by atoms with Gasteiger partial charge in [0, 0.05) is 29.6 Å². The van der Waals surface area contributed by atoms with Gasteiger partial charge in [0.05, 0.1) is 17.2 Å². The van der Waals surface area contributed by atoms with E-state index < -0.39 is 5.97 Å². The molecule has 1 saturated carbocycles. The largest absolute Gasteiger partial charge is 0.487 e. The molecule has 1 aromatic heterocycles. The Labute approximate surface area is 191 Å². The fraction of sp³-hybridized carbons (Fsp3) is 0.583. The summed E-state index contributed by atoms with van der Waals surface area (Å²) in [7, 11) is 0. The molecule has 3 heterocycles. The Bertz CT molecular complexity index is 1020. The molecule has 31 heavy (non-hydrogen) atoms. The maximum atomic E-state index is 12.8. The number of benzene rings is 1. The van der Waals surface area contributed by atoms with Gasteiger partial charge in [0.15, 0.2) is 5.69 Å². The van der Waals surface area contributed by atoms with Gasteiger partial charge >= 0.3 is 5.97 Å². The summed E-state index contributed by atoms with van der Waals surface area (Å²) in [4.78, 5) is 12.8. The van der Waals surface area contributed by atoms with E-state index in [2.05, 4.69) is 47.9 Å². The maximum Gasteiger partial charge on any atom is 0.360 e. The summed E-state index contributed by atoms with van der Waals surface area (Å²) in [5.41, 5.74) is 0.912. The molecule has 0 radical (unpaired) electrons. The highest BCUT2D eigenvalue weighted by molar-refractivity contribution is 9.10. The van der Waals surface area contributed by atoms with E-state index in [4.69, 9.17) is 14.2 Å². The van der Waals surface area contributed by atoms with Crippen molar-refractivity contribution in [3.8, 4) is 5.75 Å². The molecule has 2 aliphatic heterocycles. The highest BCUT2D eigenvalue weighted by Crippen LogP contribution is 2.63. The lowest BCUT2D eigenvalue weighted by Crippen LogP contribution is -2.66. The highest BCUT2D eigenvalue weighted by Gasteiger charge is 2.64. The average molecular weight is 489 g/mol. The van der Waals surface area contributed by atoms with E-state index in [1.165, 1.54) is 0 Å². The first-order valence-electron chi connectivity index (χ1n) is 11.1. The van der Waals surface area contributed by atoms with Gasteiger partial charge in [0.2, 0.25) is 0 Å².